The highest BCUT2D eigenvalue weighted by molar-refractivity contribution is 5.77. The molecule has 0 spiro atoms. The van der Waals surface area contributed by atoms with Crippen molar-refractivity contribution < 1.29 is 28.5 Å². The molecule has 0 aliphatic rings. The lowest BCUT2D eigenvalue weighted by Crippen LogP contribution is -2.42. The Morgan fingerprint density at radius 3 is 1.58 bits per heavy atom. The highest BCUT2D eigenvalue weighted by atomic mass is 16.6. The van der Waals surface area contributed by atoms with Crippen molar-refractivity contribution in [2.24, 2.45) is 0 Å². The Kier molecular flexibility index (Phi) is 13.9. The number of nitrogens with one attached hydrogen (secondary N) is 1. The van der Waals surface area contributed by atoms with Gasteiger partial charge in [-0.1, -0.05) is 6.92 Å². The molecule has 1 N–H and O–H groups in total. The van der Waals surface area contributed by atoms with Crippen LogP contribution >= 0.6 is 0 Å². The summed E-state index contributed by atoms with van der Waals surface area (Å²) in [5.74, 6) is -0.121. The summed E-state index contributed by atoms with van der Waals surface area (Å²) in [7, 11) is 0. The van der Waals surface area contributed by atoms with Crippen molar-refractivity contribution in [3.63, 3.8) is 0 Å². The maximum atomic E-state index is 11.5. The maximum absolute atomic E-state index is 11.5. The lowest BCUT2D eigenvalue weighted by molar-refractivity contribution is -0.127. The van der Waals surface area contributed by atoms with Crippen molar-refractivity contribution >= 4 is 5.91 Å². The van der Waals surface area contributed by atoms with Crippen LogP contribution in [0.15, 0.2) is 0 Å². The molecule has 0 saturated carbocycles. The van der Waals surface area contributed by atoms with Crippen LogP contribution in [0.5, 0.6) is 0 Å². The number of amides is 1. The third-order valence-electron chi connectivity index (χ3n) is 3.44. The number of carbonyl (C=O) groups excluding carboxylic acids is 1. The number of carbonyl (C=O) groups is 1. The van der Waals surface area contributed by atoms with E-state index in [0.29, 0.717) is 52.9 Å². The Labute approximate surface area is 159 Å². The van der Waals surface area contributed by atoms with Crippen LogP contribution < -0.4 is 5.32 Å². The number of hydrogen-bond donors (Lipinski definition) is 1. The first kappa shape index (κ1) is 25.3. The van der Waals surface area contributed by atoms with Gasteiger partial charge in [0.15, 0.2) is 0 Å². The molecule has 1 amide bonds. The quantitative estimate of drug-likeness (QED) is 0.416. The van der Waals surface area contributed by atoms with E-state index in [4.69, 9.17) is 23.7 Å². The number of rotatable bonds is 16. The van der Waals surface area contributed by atoms with Gasteiger partial charge in [0, 0.05) is 5.54 Å². The molecular formula is C19H39NO6. The van der Waals surface area contributed by atoms with Crippen molar-refractivity contribution in [1.29, 1.82) is 0 Å². The monoisotopic (exact) mass is 377 g/mol. The summed E-state index contributed by atoms with van der Waals surface area (Å²) < 4.78 is 27.1. The Bertz CT molecular complexity index is 354. The molecule has 0 atom stereocenters. The average molecular weight is 378 g/mol. The molecule has 0 bridgehead atoms. The standard InChI is InChI=1S/C19H39NO6/c1-7-19(5,6)26-15-14-24-11-10-22-8-9-23-12-13-25-16-17(21)20-18(2,3)4/h7-16H2,1-6H3,(H,20,21). The van der Waals surface area contributed by atoms with Crippen molar-refractivity contribution in [3.05, 3.63) is 0 Å². The zero-order chi connectivity index (χ0) is 19.9. The molecule has 0 saturated heterocycles. The molecule has 0 aliphatic carbocycles. The summed E-state index contributed by atoms with van der Waals surface area (Å²) in [4.78, 5) is 11.5. The average Bonchev–Trinajstić information content (AvgIpc) is 2.53. The molecule has 0 heterocycles. The van der Waals surface area contributed by atoms with Gasteiger partial charge < -0.3 is 29.0 Å². The van der Waals surface area contributed by atoms with Crippen molar-refractivity contribution in [3.8, 4) is 0 Å². The molecule has 7 heteroatoms. The zero-order valence-corrected chi connectivity index (χ0v) is 17.5. The molecule has 0 fully saturated rings. The fourth-order valence-electron chi connectivity index (χ4n) is 1.76. The summed E-state index contributed by atoms with van der Waals surface area (Å²) in [5, 5.41) is 2.83. The van der Waals surface area contributed by atoms with Crippen molar-refractivity contribution in [2.45, 2.75) is 59.1 Å². The van der Waals surface area contributed by atoms with E-state index in [0.717, 1.165) is 6.42 Å². The summed E-state index contributed by atoms with van der Waals surface area (Å²) >= 11 is 0. The maximum Gasteiger partial charge on any atom is 0.246 e. The molecule has 0 unspecified atom stereocenters. The molecule has 0 aromatic carbocycles. The second kappa shape index (κ2) is 14.3. The molecule has 0 radical (unpaired) electrons. The molecule has 0 rings (SSSR count). The van der Waals surface area contributed by atoms with Gasteiger partial charge in [-0.25, -0.2) is 0 Å². The van der Waals surface area contributed by atoms with E-state index in [1.54, 1.807) is 0 Å². The van der Waals surface area contributed by atoms with Crippen LogP contribution in [-0.4, -0.2) is 76.5 Å². The van der Waals surface area contributed by atoms with Gasteiger partial charge in [-0.2, -0.15) is 0 Å². The van der Waals surface area contributed by atoms with Crippen LogP contribution in [-0.2, 0) is 28.5 Å². The summed E-state index contributed by atoms with van der Waals surface area (Å²) in [6, 6.07) is 0. The Morgan fingerprint density at radius 2 is 1.15 bits per heavy atom. The van der Waals surface area contributed by atoms with Crippen LogP contribution in [0.3, 0.4) is 0 Å². The van der Waals surface area contributed by atoms with Crippen LogP contribution in [0.1, 0.15) is 48.0 Å². The number of ether oxygens (including phenoxy) is 5. The summed E-state index contributed by atoms with van der Waals surface area (Å²) in [5.41, 5.74) is -0.325. The first-order valence-electron chi connectivity index (χ1n) is 9.42. The third kappa shape index (κ3) is 18.1. The Hall–Kier alpha value is -0.730. The number of hydrogen-bond acceptors (Lipinski definition) is 6. The predicted octanol–water partition coefficient (Wildman–Crippen LogP) is 2.17. The predicted molar refractivity (Wildman–Crippen MR) is 101 cm³/mol. The van der Waals surface area contributed by atoms with E-state index in [1.165, 1.54) is 0 Å². The third-order valence-corrected chi connectivity index (χ3v) is 3.44. The van der Waals surface area contributed by atoms with E-state index in [9.17, 15) is 4.79 Å². The van der Waals surface area contributed by atoms with Crippen LogP contribution in [0, 0.1) is 0 Å². The van der Waals surface area contributed by atoms with Gasteiger partial charge >= 0.3 is 0 Å². The fourth-order valence-corrected chi connectivity index (χ4v) is 1.76. The van der Waals surface area contributed by atoms with E-state index < -0.39 is 0 Å². The largest absolute Gasteiger partial charge is 0.377 e. The SMILES string of the molecule is CCC(C)(C)OCCOCCOCCOCCOCC(=O)NC(C)(C)C. The highest BCUT2D eigenvalue weighted by Gasteiger charge is 2.14. The van der Waals surface area contributed by atoms with Gasteiger partial charge in [0.1, 0.15) is 6.61 Å². The second-order valence-electron chi connectivity index (χ2n) is 7.65. The van der Waals surface area contributed by atoms with Gasteiger partial charge in [0.05, 0.1) is 58.5 Å². The molecule has 26 heavy (non-hydrogen) atoms. The second-order valence-corrected chi connectivity index (χ2v) is 7.65. The van der Waals surface area contributed by atoms with Crippen LogP contribution in [0.2, 0.25) is 0 Å². The van der Waals surface area contributed by atoms with Crippen LogP contribution in [0.25, 0.3) is 0 Å². The minimum absolute atomic E-state index is 0.0492. The van der Waals surface area contributed by atoms with E-state index in [-0.39, 0.29) is 23.7 Å². The van der Waals surface area contributed by atoms with Gasteiger partial charge in [-0.15, -0.1) is 0 Å². The summed E-state index contributed by atoms with van der Waals surface area (Å²) in [6.45, 7) is 16.2. The Morgan fingerprint density at radius 1 is 0.731 bits per heavy atom. The fraction of sp³-hybridized carbons (Fsp3) is 0.947. The van der Waals surface area contributed by atoms with E-state index in [2.05, 4.69) is 26.1 Å². The van der Waals surface area contributed by atoms with E-state index in [1.807, 2.05) is 20.8 Å². The molecule has 0 aliphatic heterocycles. The first-order chi connectivity index (χ1) is 12.2. The van der Waals surface area contributed by atoms with Crippen LogP contribution in [0.4, 0.5) is 0 Å². The van der Waals surface area contributed by atoms with Crippen molar-refractivity contribution in [1.82, 2.24) is 5.32 Å². The van der Waals surface area contributed by atoms with Crippen molar-refractivity contribution in [2.75, 3.05) is 59.5 Å². The zero-order valence-electron chi connectivity index (χ0n) is 17.5. The Balaban J connectivity index is 3.24. The molecule has 0 aromatic rings. The highest BCUT2D eigenvalue weighted by Crippen LogP contribution is 2.12. The van der Waals surface area contributed by atoms with Gasteiger partial charge in [0.2, 0.25) is 5.91 Å². The molecule has 0 aromatic heterocycles. The smallest absolute Gasteiger partial charge is 0.246 e. The lowest BCUT2D eigenvalue weighted by Gasteiger charge is -2.23. The topological polar surface area (TPSA) is 75.2 Å². The summed E-state index contributed by atoms with van der Waals surface area (Å²) in [6.07, 6.45) is 0.977. The van der Waals surface area contributed by atoms with Gasteiger partial charge in [-0.05, 0) is 41.0 Å². The van der Waals surface area contributed by atoms with Gasteiger partial charge in [-0.3, -0.25) is 4.79 Å². The molecule has 156 valence electrons. The minimum atomic E-state index is -0.239. The lowest BCUT2D eigenvalue weighted by atomic mass is 10.1. The molecule has 7 nitrogen and oxygen atoms in total. The van der Waals surface area contributed by atoms with E-state index >= 15 is 0 Å². The normalized spacial score (nSPS) is 12.4. The molecular weight excluding hydrogens is 338 g/mol. The van der Waals surface area contributed by atoms with Gasteiger partial charge in [0.25, 0.3) is 0 Å². The first-order valence-corrected chi connectivity index (χ1v) is 9.42. The minimum Gasteiger partial charge on any atom is -0.377 e.